The van der Waals surface area contributed by atoms with Gasteiger partial charge >= 0.3 is 0 Å². The van der Waals surface area contributed by atoms with Crippen molar-refractivity contribution in [3.63, 3.8) is 0 Å². The minimum absolute atomic E-state index is 0.0691. The molecule has 148 valence electrons. The van der Waals surface area contributed by atoms with E-state index in [0.29, 0.717) is 23.1 Å². The summed E-state index contributed by atoms with van der Waals surface area (Å²) in [7, 11) is 0. The molecule has 1 aromatic heterocycles. The van der Waals surface area contributed by atoms with E-state index in [1.54, 1.807) is 10.6 Å². The highest BCUT2D eigenvalue weighted by Gasteiger charge is 2.32. The smallest absolute Gasteiger partial charge is 0.265 e. The first-order valence-corrected chi connectivity index (χ1v) is 10.5. The van der Waals surface area contributed by atoms with Gasteiger partial charge in [0.2, 0.25) is 5.91 Å². The van der Waals surface area contributed by atoms with E-state index in [0.717, 1.165) is 27.0 Å². The van der Waals surface area contributed by atoms with Gasteiger partial charge in [-0.25, -0.2) is 4.98 Å². The highest BCUT2D eigenvalue weighted by atomic mass is 79.9. The summed E-state index contributed by atoms with van der Waals surface area (Å²) < 4.78 is 2.55. The molecule has 0 spiro atoms. The van der Waals surface area contributed by atoms with Crippen LogP contribution in [0.2, 0.25) is 0 Å². The number of aryl methyl sites for hydroxylation is 1. The Labute approximate surface area is 181 Å². The van der Waals surface area contributed by atoms with E-state index >= 15 is 0 Å². The van der Waals surface area contributed by atoms with Crippen LogP contribution in [0.3, 0.4) is 0 Å². The number of carbonyl (C=O) groups is 1. The Balaban J connectivity index is 1.70. The van der Waals surface area contributed by atoms with Crippen molar-refractivity contribution < 1.29 is 4.79 Å². The Kier molecular flexibility index (Phi) is 4.51. The van der Waals surface area contributed by atoms with E-state index in [1.807, 2.05) is 67.6 Å². The molecule has 5 nitrogen and oxygen atoms in total. The summed E-state index contributed by atoms with van der Waals surface area (Å²) >= 11 is 3.44. The molecule has 0 radical (unpaired) electrons. The number of halogens is 1. The van der Waals surface area contributed by atoms with Gasteiger partial charge in [-0.1, -0.05) is 45.8 Å². The van der Waals surface area contributed by atoms with Gasteiger partial charge in [0.25, 0.3) is 5.56 Å². The normalized spacial score (nSPS) is 15.3. The zero-order valence-corrected chi connectivity index (χ0v) is 17.8. The minimum Gasteiger partial charge on any atom is -0.325 e. The Bertz CT molecular complexity index is 1360. The average molecular weight is 460 g/mol. The summed E-state index contributed by atoms with van der Waals surface area (Å²) in [5.74, 6) is 0.102. The fourth-order valence-corrected chi connectivity index (χ4v) is 4.27. The van der Waals surface area contributed by atoms with Crippen molar-refractivity contribution in [2.45, 2.75) is 19.3 Å². The molecule has 1 aliphatic rings. The number of fused-ring (bicyclic) bond motifs is 2. The Morgan fingerprint density at radius 2 is 1.80 bits per heavy atom. The molecule has 2 heterocycles. The van der Waals surface area contributed by atoms with Gasteiger partial charge in [0.15, 0.2) is 0 Å². The van der Waals surface area contributed by atoms with Crippen molar-refractivity contribution >= 4 is 38.4 Å². The maximum atomic E-state index is 13.4. The molecule has 3 aromatic carbocycles. The van der Waals surface area contributed by atoms with Gasteiger partial charge in [0.05, 0.1) is 22.5 Å². The SMILES string of the molecule is Cc1ccc2c(c1)[C@@H](Cc1nc3ccccc3c(=O)n1-c1ccc(Br)cc1)C(=O)N2. The number of nitrogens with zero attached hydrogens (tertiary/aromatic N) is 2. The van der Waals surface area contributed by atoms with Crippen LogP contribution in [-0.2, 0) is 11.2 Å². The zero-order chi connectivity index (χ0) is 20.8. The van der Waals surface area contributed by atoms with E-state index < -0.39 is 5.92 Å². The number of amides is 1. The van der Waals surface area contributed by atoms with E-state index in [9.17, 15) is 9.59 Å². The molecule has 0 unspecified atom stereocenters. The molecular weight excluding hydrogens is 442 g/mol. The molecule has 1 atom stereocenters. The lowest BCUT2D eigenvalue weighted by molar-refractivity contribution is -0.117. The second-order valence-corrected chi connectivity index (χ2v) is 8.41. The topological polar surface area (TPSA) is 64.0 Å². The molecule has 1 aliphatic heterocycles. The fourth-order valence-electron chi connectivity index (χ4n) is 4.00. The minimum atomic E-state index is -0.394. The number of nitrogens with one attached hydrogen (secondary N) is 1. The van der Waals surface area contributed by atoms with Crippen molar-refractivity contribution in [3.8, 4) is 5.69 Å². The van der Waals surface area contributed by atoms with Crippen molar-refractivity contribution in [2.24, 2.45) is 0 Å². The second kappa shape index (κ2) is 7.22. The summed E-state index contributed by atoms with van der Waals surface area (Å²) in [5.41, 5.74) is 4.08. The van der Waals surface area contributed by atoms with Crippen LogP contribution >= 0.6 is 15.9 Å². The third kappa shape index (κ3) is 3.13. The molecule has 1 amide bonds. The first-order chi connectivity index (χ1) is 14.5. The van der Waals surface area contributed by atoms with Crippen molar-refractivity contribution in [1.82, 2.24) is 9.55 Å². The average Bonchev–Trinajstić information content (AvgIpc) is 3.04. The number of para-hydroxylation sites is 1. The number of rotatable bonds is 3. The molecule has 4 aromatic rings. The van der Waals surface area contributed by atoms with Crippen LogP contribution in [0.25, 0.3) is 16.6 Å². The summed E-state index contributed by atoms with van der Waals surface area (Å²) in [6.45, 7) is 2.01. The Morgan fingerprint density at radius 3 is 2.60 bits per heavy atom. The van der Waals surface area contributed by atoms with Crippen molar-refractivity contribution in [1.29, 1.82) is 0 Å². The van der Waals surface area contributed by atoms with Gasteiger partial charge in [-0.2, -0.15) is 0 Å². The Morgan fingerprint density at radius 1 is 1.03 bits per heavy atom. The molecule has 0 aliphatic carbocycles. The predicted octanol–water partition coefficient (Wildman–Crippen LogP) is 4.74. The summed E-state index contributed by atoms with van der Waals surface area (Å²) in [4.78, 5) is 31.0. The molecule has 0 saturated carbocycles. The monoisotopic (exact) mass is 459 g/mol. The summed E-state index contributed by atoms with van der Waals surface area (Å²) in [5, 5.41) is 3.51. The highest BCUT2D eigenvalue weighted by molar-refractivity contribution is 9.10. The maximum absolute atomic E-state index is 13.4. The lowest BCUT2D eigenvalue weighted by atomic mass is 9.95. The van der Waals surface area contributed by atoms with Crippen LogP contribution in [0.15, 0.2) is 76.0 Å². The molecule has 6 heteroatoms. The largest absolute Gasteiger partial charge is 0.325 e. The number of benzene rings is 3. The van der Waals surface area contributed by atoms with Crippen LogP contribution < -0.4 is 10.9 Å². The zero-order valence-electron chi connectivity index (χ0n) is 16.2. The highest BCUT2D eigenvalue weighted by Crippen LogP contribution is 2.35. The summed E-state index contributed by atoms with van der Waals surface area (Å²) in [6, 6.07) is 20.8. The maximum Gasteiger partial charge on any atom is 0.265 e. The van der Waals surface area contributed by atoms with E-state index in [4.69, 9.17) is 4.98 Å². The van der Waals surface area contributed by atoms with Gasteiger partial charge in [-0.05, 0) is 55.0 Å². The summed E-state index contributed by atoms with van der Waals surface area (Å²) in [6.07, 6.45) is 0.332. The first-order valence-electron chi connectivity index (χ1n) is 9.69. The third-order valence-corrected chi connectivity index (χ3v) is 6.00. The predicted molar refractivity (Wildman–Crippen MR) is 121 cm³/mol. The third-order valence-electron chi connectivity index (χ3n) is 5.47. The fraction of sp³-hybridized carbons (Fsp3) is 0.125. The Hall–Kier alpha value is -3.25. The number of aromatic nitrogens is 2. The van der Waals surface area contributed by atoms with Crippen LogP contribution in [0.1, 0.15) is 22.9 Å². The van der Waals surface area contributed by atoms with Crippen LogP contribution in [0.4, 0.5) is 5.69 Å². The van der Waals surface area contributed by atoms with E-state index in [2.05, 4.69) is 21.2 Å². The standard InChI is InChI=1S/C24H18BrN3O2/c1-14-6-11-21-18(12-14)19(23(29)27-21)13-22-26-20-5-3-2-4-17(20)24(30)28(22)16-9-7-15(25)8-10-16/h2-12,19H,13H2,1H3,(H,27,29)/t19-/m1/s1. The molecule has 0 bridgehead atoms. The van der Waals surface area contributed by atoms with E-state index in [-0.39, 0.29) is 11.5 Å². The number of hydrogen-bond acceptors (Lipinski definition) is 3. The second-order valence-electron chi connectivity index (χ2n) is 7.50. The molecular formula is C24H18BrN3O2. The van der Waals surface area contributed by atoms with E-state index in [1.165, 1.54) is 0 Å². The lowest BCUT2D eigenvalue weighted by Crippen LogP contribution is -2.26. The van der Waals surface area contributed by atoms with Crippen LogP contribution in [-0.4, -0.2) is 15.5 Å². The van der Waals surface area contributed by atoms with Gasteiger partial charge in [-0.3, -0.25) is 14.2 Å². The molecule has 5 rings (SSSR count). The van der Waals surface area contributed by atoms with Crippen molar-refractivity contribution in [2.75, 3.05) is 5.32 Å². The molecule has 0 saturated heterocycles. The molecule has 1 N–H and O–H groups in total. The van der Waals surface area contributed by atoms with Gasteiger partial charge < -0.3 is 5.32 Å². The number of carbonyl (C=O) groups excluding carboxylic acids is 1. The van der Waals surface area contributed by atoms with Crippen LogP contribution in [0, 0.1) is 6.92 Å². The molecule has 30 heavy (non-hydrogen) atoms. The van der Waals surface area contributed by atoms with Gasteiger partial charge in [0.1, 0.15) is 5.82 Å². The quantitative estimate of drug-likeness (QED) is 0.481. The lowest BCUT2D eigenvalue weighted by Gasteiger charge is -2.16. The molecule has 0 fully saturated rings. The first kappa shape index (κ1) is 18.8. The number of anilines is 1. The van der Waals surface area contributed by atoms with Gasteiger partial charge in [-0.15, -0.1) is 0 Å². The van der Waals surface area contributed by atoms with Gasteiger partial charge in [0, 0.05) is 16.6 Å². The van der Waals surface area contributed by atoms with Crippen LogP contribution in [0.5, 0.6) is 0 Å². The number of hydrogen-bond donors (Lipinski definition) is 1. The van der Waals surface area contributed by atoms with Crippen molar-refractivity contribution in [3.05, 3.63) is 98.5 Å².